The lowest BCUT2D eigenvalue weighted by atomic mass is 10.3. The standard InChI is InChI=1S/C13H14N2O6/c16-12(14-9-5-6-9)7-21-13(17)8-20-11-4-2-1-3-10(11)15(18)19/h1-4,9H,5-8H2,(H,14,16). The summed E-state index contributed by atoms with van der Waals surface area (Å²) >= 11 is 0. The number of hydrogen-bond donors (Lipinski definition) is 1. The summed E-state index contributed by atoms with van der Waals surface area (Å²) in [7, 11) is 0. The largest absolute Gasteiger partial charge is 0.475 e. The fourth-order valence-corrected chi connectivity index (χ4v) is 1.55. The Bertz CT molecular complexity index is 555. The van der Waals surface area contributed by atoms with Crippen LogP contribution in [0, 0.1) is 10.1 Å². The van der Waals surface area contributed by atoms with E-state index in [1.807, 2.05) is 0 Å². The van der Waals surface area contributed by atoms with Gasteiger partial charge in [0.2, 0.25) is 0 Å². The maximum atomic E-state index is 11.4. The molecule has 8 heteroatoms. The number of carbonyl (C=O) groups excluding carboxylic acids is 2. The Balaban J connectivity index is 1.75. The Morgan fingerprint density at radius 2 is 2.00 bits per heavy atom. The van der Waals surface area contributed by atoms with Gasteiger partial charge in [0.15, 0.2) is 19.0 Å². The van der Waals surface area contributed by atoms with Crippen LogP contribution < -0.4 is 10.1 Å². The molecule has 2 rings (SSSR count). The van der Waals surface area contributed by atoms with Gasteiger partial charge in [-0.1, -0.05) is 12.1 Å². The van der Waals surface area contributed by atoms with Gasteiger partial charge in [-0.25, -0.2) is 4.79 Å². The molecule has 1 aliphatic rings. The third-order valence-corrected chi connectivity index (χ3v) is 2.71. The van der Waals surface area contributed by atoms with Crippen molar-refractivity contribution in [1.82, 2.24) is 5.32 Å². The lowest BCUT2D eigenvalue weighted by Crippen LogP contribution is -2.31. The number of ether oxygens (including phenoxy) is 2. The molecule has 0 aromatic heterocycles. The second kappa shape index (κ2) is 6.69. The fraction of sp³-hybridized carbons (Fsp3) is 0.385. The molecular weight excluding hydrogens is 280 g/mol. The molecular formula is C13H14N2O6. The van der Waals surface area contributed by atoms with Gasteiger partial charge in [0.05, 0.1) is 4.92 Å². The molecule has 21 heavy (non-hydrogen) atoms. The van der Waals surface area contributed by atoms with E-state index in [0.717, 1.165) is 12.8 Å². The lowest BCUT2D eigenvalue weighted by Gasteiger charge is -2.07. The zero-order valence-corrected chi connectivity index (χ0v) is 11.1. The molecule has 1 aromatic rings. The third-order valence-electron chi connectivity index (χ3n) is 2.71. The van der Waals surface area contributed by atoms with Crippen molar-refractivity contribution in [2.24, 2.45) is 0 Å². The zero-order chi connectivity index (χ0) is 15.2. The number of para-hydroxylation sites is 2. The maximum absolute atomic E-state index is 11.4. The summed E-state index contributed by atoms with van der Waals surface area (Å²) in [6, 6.07) is 5.89. The van der Waals surface area contributed by atoms with Crippen molar-refractivity contribution in [3.8, 4) is 5.75 Å². The van der Waals surface area contributed by atoms with Crippen molar-refractivity contribution in [2.45, 2.75) is 18.9 Å². The van der Waals surface area contributed by atoms with Crippen LogP contribution in [0.15, 0.2) is 24.3 Å². The van der Waals surface area contributed by atoms with Crippen LogP contribution in [0.4, 0.5) is 5.69 Å². The smallest absolute Gasteiger partial charge is 0.344 e. The zero-order valence-electron chi connectivity index (χ0n) is 11.1. The van der Waals surface area contributed by atoms with Gasteiger partial charge in [-0.2, -0.15) is 0 Å². The Labute approximate surface area is 120 Å². The summed E-state index contributed by atoms with van der Waals surface area (Å²) in [6.07, 6.45) is 1.89. The van der Waals surface area contributed by atoms with Crippen molar-refractivity contribution in [3.63, 3.8) is 0 Å². The Hall–Kier alpha value is -2.64. The number of nitro benzene ring substituents is 1. The molecule has 0 spiro atoms. The summed E-state index contributed by atoms with van der Waals surface area (Å²) in [5, 5.41) is 13.4. The first-order chi connectivity index (χ1) is 10.1. The summed E-state index contributed by atoms with van der Waals surface area (Å²) in [5.41, 5.74) is -0.239. The van der Waals surface area contributed by atoms with Crippen LogP contribution in [-0.4, -0.2) is 36.1 Å². The highest BCUT2D eigenvalue weighted by Gasteiger charge is 2.23. The van der Waals surface area contributed by atoms with E-state index in [1.54, 1.807) is 6.07 Å². The predicted molar refractivity (Wildman–Crippen MR) is 70.7 cm³/mol. The minimum Gasteiger partial charge on any atom is -0.475 e. The van der Waals surface area contributed by atoms with Crippen molar-refractivity contribution in [1.29, 1.82) is 0 Å². The van der Waals surface area contributed by atoms with Gasteiger partial charge in [-0.15, -0.1) is 0 Å². The van der Waals surface area contributed by atoms with E-state index >= 15 is 0 Å². The van der Waals surface area contributed by atoms with E-state index < -0.39 is 17.5 Å². The molecule has 1 amide bonds. The molecule has 112 valence electrons. The average Bonchev–Trinajstić information content (AvgIpc) is 3.27. The van der Waals surface area contributed by atoms with Crippen LogP contribution in [-0.2, 0) is 14.3 Å². The molecule has 0 radical (unpaired) electrons. The number of nitrogens with zero attached hydrogens (tertiary/aromatic N) is 1. The summed E-state index contributed by atoms with van der Waals surface area (Å²) in [5.74, 6) is -1.16. The quantitative estimate of drug-likeness (QED) is 0.452. The predicted octanol–water partition coefficient (Wildman–Crippen LogP) is 0.795. The number of rotatable bonds is 7. The van der Waals surface area contributed by atoms with Crippen molar-refractivity contribution < 1.29 is 24.0 Å². The molecule has 0 bridgehead atoms. The van der Waals surface area contributed by atoms with Gasteiger partial charge in [0.1, 0.15) is 0 Å². The number of carbonyl (C=O) groups is 2. The Morgan fingerprint density at radius 3 is 2.67 bits per heavy atom. The van der Waals surface area contributed by atoms with Gasteiger partial charge >= 0.3 is 11.7 Å². The van der Waals surface area contributed by atoms with E-state index in [0.29, 0.717) is 0 Å². The summed E-state index contributed by atoms with van der Waals surface area (Å²) in [4.78, 5) is 32.8. The molecule has 1 aliphatic carbocycles. The number of amides is 1. The first-order valence-electron chi connectivity index (χ1n) is 6.37. The first-order valence-corrected chi connectivity index (χ1v) is 6.37. The van der Waals surface area contributed by atoms with E-state index in [1.165, 1.54) is 18.2 Å². The molecule has 0 heterocycles. The van der Waals surface area contributed by atoms with Crippen LogP contribution in [0.5, 0.6) is 5.75 Å². The highest BCUT2D eigenvalue weighted by atomic mass is 16.6. The fourth-order valence-electron chi connectivity index (χ4n) is 1.55. The molecule has 0 saturated heterocycles. The molecule has 0 aliphatic heterocycles. The number of nitrogens with one attached hydrogen (secondary N) is 1. The van der Waals surface area contributed by atoms with E-state index in [-0.39, 0.29) is 30.0 Å². The third kappa shape index (κ3) is 4.75. The Morgan fingerprint density at radius 1 is 1.29 bits per heavy atom. The van der Waals surface area contributed by atoms with Crippen molar-refractivity contribution >= 4 is 17.6 Å². The summed E-state index contributed by atoms with van der Waals surface area (Å²) in [6.45, 7) is -0.878. The minimum absolute atomic E-state index is 0.0260. The van der Waals surface area contributed by atoms with Crippen LogP contribution in [0.3, 0.4) is 0 Å². The van der Waals surface area contributed by atoms with Gasteiger partial charge in [-0.3, -0.25) is 14.9 Å². The molecule has 0 unspecified atom stereocenters. The molecule has 0 atom stereocenters. The van der Waals surface area contributed by atoms with E-state index in [4.69, 9.17) is 9.47 Å². The molecule has 8 nitrogen and oxygen atoms in total. The first kappa shape index (κ1) is 14.8. The minimum atomic E-state index is -0.765. The number of esters is 1. The SMILES string of the molecule is O=C(COC(=O)COc1ccccc1[N+](=O)[O-])NC1CC1. The molecule has 1 fully saturated rings. The number of hydrogen-bond acceptors (Lipinski definition) is 6. The van der Waals surface area contributed by atoms with Crippen LogP contribution in [0.2, 0.25) is 0 Å². The van der Waals surface area contributed by atoms with Crippen LogP contribution in [0.1, 0.15) is 12.8 Å². The monoisotopic (exact) mass is 294 g/mol. The van der Waals surface area contributed by atoms with Crippen molar-refractivity contribution in [2.75, 3.05) is 13.2 Å². The van der Waals surface area contributed by atoms with Gasteiger partial charge in [0.25, 0.3) is 5.91 Å². The highest BCUT2D eigenvalue weighted by Crippen LogP contribution is 2.25. The van der Waals surface area contributed by atoms with Crippen LogP contribution in [0.25, 0.3) is 0 Å². The van der Waals surface area contributed by atoms with Gasteiger partial charge in [-0.05, 0) is 18.9 Å². The Kier molecular flexibility index (Phi) is 4.70. The van der Waals surface area contributed by atoms with Gasteiger partial charge < -0.3 is 14.8 Å². The number of nitro groups is 1. The second-order valence-electron chi connectivity index (χ2n) is 4.52. The second-order valence-corrected chi connectivity index (χ2v) is 4.52. The molecule has 1 aromatic carbocycles. The van der Waals surface area contributed by atoms with E-state index in [9.17, 15) is 19.7 Å². The average molecular weight is 294 g/mol. The topological polar surface area (TPSA) is 108 Å². The highest BCUT2D eigenvalue weighted by molar-refractivity contribution is 5.81. The molecule has 1 N–H and O–H groups in total. The summed E-state index contributed by atoms with van der Waals surface area (Å²) < 4.78 is 9.75. The number of benzene rings is 1. The van der Waals surface area contributed by atoms with Crippen LogP contribution >= 0.6 is 0 Å². The lowest BCUT2D eigenvalue weighted by molar-refractivity contribution is -0.385. The molecule has 1 saturated carbocycles. The van der Waals surface area contributed by atoms with E-state index in [2.05, 4.69) is 5.32 Å². The van der Waals surface area contributed by atoms with Crippen molar-refractivity contribution in [3.05, 3.63) is 34.4 Å². The normalized spacial score (nSPS) is 13.3. The maximum Gasteiger partial charge on any atom is 0.344 e. The van der Waals surface area contributed by atoms with Gasteiger partial charge in [0, 0.05) is 12.1 Å².